The molecule has 0 bridgehead atoms. The summed E-state index contributed by atoms with van der Waals surface area (Å²) in [5.41, 5.74) is 0.471. The highest BCUT2D eigenvalue weighted by molar-refractivity contribution is 5.85. The van der Waals surface area contributed by atoms with Crippen LogP contribution in [0.1, 0.15) is 18.4 Å². The second kappa shape index (κ2) is 7.43. The third-order valence-electron chi connectivity index (χ3n) is 3.86. The molecule has 5 heteroatoms. The summed E-state index contributed by atoms with van der Waals surface area (Å²) >= 11 is 0. The molecule has 2 rings (SSSR count). The zero-order valence-corrected chi connectivity index (χ0v) is 12.8. The molecule has 1 heterocycles. The van der Waals surface area contributed by atoms with Crippen LogP contribution in [0.5, 0.6) is 5.75 Å². The lowest BCUT2D eigenvalue weighted by molar-refractivity contribution is -0.146. The van der Waals surface area contributed by atoms with Crippen molar-refractivity contribution in [2.24, 2.45) is 0 Å². The van der Waals surface area contributed by atoms with Gasteiger partial charge in [-0.2, -0.15) is 0 Å². The molecule has 0 aliphatic carbocycles. The number of ether oxygens (including phenoxy) is 2. The number of carbonyl (C=O) groups excluding carboxylic acids is 1. The Hall–Kier alpha value is -1.59. The van der Waals surface area contributed by atoms with Crippen molar-refractivity contribution in [2.75, 3.05) is 33.4 Å². The Morgan fingerprint density at radius 3 is 2.81 bits per heavy atom. The lowest BCUT2D eigenvalue weighted by atomic mass is 9.91. The van der Waals surface area contributed by atoms with Gasteiger partial charge in [0.2, 0.25) is 0 Å². The van der Waals surface area contributed by atoms with Gasteiger partial charge in [0.1, 0.15) is 18.0 Å². The summed E-state index contributed by atoms with van der Waals surface area (Å²) in [6.45, 7) is 4.56. The van der Waals surface area contributed by atoms with Gasteiger partial charge >= 0.3 is 0 Å². The van der Waals surface area contributed by atoms with Crippen LogP contribution in [-0.4, -0.2) is 44.9 Å². The van der Waals surface area contributed by atoms with Crippen molar-refractivity contribution in [3.63, 3.8) is 0 Å². The van der Waals surface area contributed by atoms with Crippen LogP contribution in [0.3, 0.4) is 0 Å². The Bertz CT molecular complexity index is 470. The molecule has 5 nitrogen and oxygen atoms in total. The van der Waals surface area contributed by atoms with E-state index in [0.717, 1.165) is 24.4 Å². The summed E-state index contributed by atoms with van der Waals surface area (Å²) in [7, 11) is 1.61. The molecule has 0 aromatic heterocycles. The minimum absolute atomic E-state index is 0.0423. The number of amides is 1. The third kappa shape index (κ3) is 4.19. The van der Waals surface area contributed by atoms with E-state index in [2.05, 4.69) is 10.6 Å². The van der Waals surface area contributed by atoms with Crippen LogP contribution < -0.4 is 15.4 Å². The van der Waals surface area contributed by atoms with E-state index in [-0.39, 0.29) is 5.91 Å². The molecule has 1 fully saturated rings. The molecule has 2 N–H and O–H groups in total. The molecule has 0 unspecified atom stereocenters. The van der Waals surface area contributed by atoms with Gasteiger partial charge in [-0.1, -0.05) is 12.1 Å². The minimum atomic E-state index is -0.686. The molecule has 1 saturated heterocycles. The Morgan fingerprint density at radius 1 is 1.38 bits per heavy atom. The van der Waals surface area contributed by atoms with Gasteiger partial charge in [0, 0.05) is 7.11 Å². The molecule has 0 radical (unpaired) electrons. The molecule has 0 atom stereocenters. The molecule has 0 saturated carbocycles. The molecule has 1 aliphatic rings. The Morgan fingerprint density at radius 2 is 2.14 bits per heavy atom. The van der Waals surface area contributed by atoms with E-state index in [1.165, 1.54) is 0 Å². The molecule has 1 aliphatic heterocycles. The summed E-state index contributed by atoms with van der Waals surface area (Å²) in [4.78, 5) is 12.3. The Balaban J connectivity index is 1.76. The predicted octanol–water partition coefficient (Wildman–Crippen LogP) is 1.26. The van der Waals surface area contributed by atoms with Crippen LogP contribution in [-0.2, 0) is 9.53 Å². The number of benzene rings is 1. The quantitative estimate of drug-likeness (QED) is 0.775. The fraction of sp³-hybridized carbons (Fsp3) is 0.562. The van der Waals surface area contributed by atoms with Crippen LogP contribution in [0.15, 0.2) is 24.3 Å². The van der Waals surface area contributed by atoms with Crippen LogP contribution in [0.2, 0.25) is 0 Å². The first kappa shape index (κ1) is 15.8. The van der Waals surface area contributed by atoms with E-state index in [4.69, 9.17) is 9.47 Å². The first-order chi connectivity index (χ1) is 10.2. The van der Waals surface area contributed by atoms with Gasteiger partial charge in [0.15, 0.2) is 0 Å². The summed E-state index contributed by atoms with van der Waals surface area (Å²) < 4.78 is 11.1. The molecule has 0 spiro atoms. The second-order valence-electron chi connectivity index (χ2n) is 5.37. The first-order valence-electron chi connectivity index (χ1n) is 7.40. The van der Waals surface area contributed by atoms with Gasteiger partial charge in [-0.25, -0.2) is 0 Å². The smallest absolute Gasteiger partial charge is 0.252 e. The number of hydrogen-bond donors (Lipinski definition) is 2. The summed E-state index contributed by atoms with van der Waals surface area (Å²) in [5, 5.41) is 6.15. The zero-order chi connectivity index (χ0) is 15.1. The Labute approximate surface area is 126 Å². The number of piperidine rings is 1. The van der Waals surface area contributed by atoms with Crippen molar-refractivity contribution < 1.29 is 14.3 Å². The van der Waals surface area contributed by atoms with Gasteiger partial charge in [-0.05, 0) is 50.6 Å². The van der Waals surface area contributed by atoms with Crippen LogP contribution in [0.4, 0.5) is 0 Å². The fourth-order valence-electron chi connectivity index (χ4n) is 2.55. The fourth-order valence-corrected chi connectivity index (χ4v) is 2.55. The zero-order valence-electron chi connectivity index (χ0n) is 12.8. The van der Waals surface area contributed by atoms with Crippen molar-refractivity contribution in [3.05, 3.63) is 29.8 Å². The van der Waals surface area contributed by atoms with E-state index >= 15 is 0 Å². The lowest BCUT2D eigenvalue weighted by Crippen LogP contribution is -2.54. The Kier molecular flexibility index (Phi) is 5.59. The molecule has 1 amide bonds. The van der Waals surface area contributed by atoms with E-state index in [0.29, 0.717) is 26.0 Å². The number of aryl methyl sites for hydroxylation is 1. The normalized spacial score (nSPS) is 17.2. The van der Waals surface area contributed by atoms with E-state index in [1.807, 2.05) is 31.2 Å². The van der Waals surface area contributed by atoms with E-state index < -0.39 is 5.60 Å². The maximum atomic E-state index is 12.3. The third-order valence-corrected chi connectivity index (χ3v) is 3.86. The van der Waals surface area contributed by atoms with Crippen molar-refractivity contribution >= 4 is 5.91 Å². The number of methoxy groups -OCH3 is 1. The molecule has 116 valence electrons. The second-order valence-corrected chi connectivity index (χ2v) is 5.37. The molecule has 1 aromatic carbocycles. The monoisotopic (exact) mass is 292 g/mol. The number of carbonyl (C=O) groups is 1. The van der Waals surface area contributed by atoms with Gasteiger partial charge in [0.05, 0.1) is 6.54 Å². The predicted molar refractivity (Wildman–Crippen MR) is 81.5 cm³/mol. The SMILES string of the molecule is COC1(C(=O)NCCOc2cccc(C)c2)CCNCC1. The number of nitrogens with one attached hydrogen (secondary N) is 2. The van der Waals surface area contributed by atoms with Crippen molar-refractivity contribution in [2.45, 2.75) is 25.4 Å². The number of hydrogen-bond acceptors (Lipinski definition) is 4. The standard InChI is InChI=1S/C16H24N2O3/c1-13-4-3-5-14(12-13)21-11-10-18-15(19)16(20-2)6-8-17-9-7-16/h3-5,12,17H,6-11H2,1-2H3,(H,18,19). The highest BCUT2D eigenvalue weighted by atomic mass is 16.5. The number of rotatable bonds is 6. The van der Waals surface area contributed by atoms with Crippen molar-refractivity contribution in [1.82, 2.24) is 10.6 Å². The highest BCUT2D eigenvalue weighted by Crippen LogP contribution is 2.22. The highest BCUT2D eigenvalue weighted by Gasteiger charge is 2.39. The maximum absolute atomic E-state index is 12.3. The van der Waals surface area contributed by atoms with Crippen LogP contribution in [0, 0.1) is 6.92 Å². The average Bonchev–Trinajstić information content (AvgIpc) is 2.52. The average molecular weight is 292 g/mol. The van der Waals surface area contributed by atoms with Gasteiger partial charge in [0.25, 0.3) is 5.91 Å². The lowest BCUT2D eigenvalue weighted by Gasteiger charge is -2.34. The first-order valence-corrected chi connectivity index (χ1v) is 7.40. The molecule has 21 heavy (non-hydrogen) atoms. The molecule has 1 aromatic rings. The van der Waals surface area contributed by atoms with Crippen molar-refractivity contribution in [1.29, 1.82) is 0 Å². The largest absolute Gasteiger partial charge is 0.492 e. The summed E-state index contributed by atoms with van der Waals surface area (Å²) in [5.74, 6) is 0.784. The van der Waals surface area contributed by atoms with E-state index in [1.54, 1.807) is 7.11 Å². The van der Waals surface area contributed by atoms with Crippen molar-refractivity contribution in [3.8, 4) is 5.75 Å². The maximum Gasteiger partial charge on any atom is 0.252 e. The van der Waals surface area contributed by atoms with E-state index in [9.17, 15) is 4.79 Å². The minimum Gasteiger partial charge on any atom is -0.492 e. The topological polar surface area (TPSA) is 59.6 Å². The molecular weight excluding hydrogens is 268 g/mol. The summed E-state index contributed by atoms with van der Waals surface area (Å²) in [6, 6.07) is 7.87. The van der Waals surface area contributed by atoms with Gasteiger partial charge in [-0.15, -0.1) is 0 Å². The van der Waals surface area contributed by atoms with Gasteiger partial charge in [-0.3, -0.25) is 4.79 Å². The summed E-state index contributed by atoms with van der Waals surface area (Å²) in [6.07, 6.45) is 1.40. The van der Waals surface area contributed by atoms with Gasteiger partial charge < -0.3 is 20.1 Å². The van der Waals surface area contributed by atoms with Crippen LogP contribution in [0.25, 0.3) is 0 Å². The van der Waals surface area contributed by atoms with Crippen LogP contribution >= 0.6 is 0 Å². The molecular formula is C16H24N2O3.